The highest BCUT2D eigenvalue weighted by Gasteiger charge is 2.30. The van der Waals surface area contributed by atoms with Crippen LogP contribution in [0.2, 0.25) is 0 Å². The summed E-state index contributed by atoms with van der Waals surface area (Å²) in [5, 5.41) is 2.99. The maximum absolute atomic E-state index is 12.4. The van der Waals surface area contributed by atoms with Gasteiger partial charge in [-0.05, 0) is 48.2 Å². The van der Waals surface area contributed by atoms with Gasteiger partial charge in [-0.2, -0.15) is 0 Å². The summed E-state index contributed by atoms with van der Waals surface area (Å²) >= 11 is 3.44. The van der Waals surface area contributed by atoms with E-state index < -0.39 is 0 Å². The van der Waals surface area contributed by atoms with E-state index in [4.69, 9.17) is 0 Å². The van der Waals surface area contributed by atoms with Crippen LogP contribution in [0.3, 0.4) is 0 Å². The van der Waals surface area contributed by atoms with Crippen molar-refractivity contribution in [3.63, 3.8) is 0 Å². The number of nitrogens with one attached hydrogen (secondary N) is 3. The van der Waals surface area contributed by atoms with Gasteiger partial charge in [0, 0.05) is 16.2 Å². The van der Waals surface area contributed by atoms with Crippen LogP contribution in [-0.4, -0.2) is 11.9 Å². The zero-order chi connectivity index (χ0) is 16.2. The minimum atomic E-state index is -0.242. The Bertz CT molecular complexity index is 687. The zero-order valence-electron chi connectivity index (χ0n) is 13.0. The number of hydrazine groups is 1. The van der Waals surface area contributed by atoms with Gasteiger partial charge < -0.3 is 5.32 Å². The first-order chi connectivity index (χ1) is 11.2. The van der Waals surface area contributed by atoms with E-state index in [-0.39, 0.29) is 18.0 Å². The molecule has 1 fully saturated rings. The quantitative estimate of drug-likeness (QED) is 0.767. The molecule has 5 heteroatoms. The predicted octanol–water partition coefficient (Wildman–Crippen LogP) is 3.56. The van der Waals surface area contributed by atoms with Crippen LogP contribution in [0, 0.1) is 0 Å². The number of carbonyl (C=O) groups excluding carboxylic acids is 1. The van der Waals surface area contributed by atoms with Crippen LogP contribution >= 0.6 is 15.9 Å². The minimum Gasteiger partial charge on any atom is -0.325 e. The Kier molecular flexibility index (Phi) is 5.10. The lowest BCUT2D eigenvalue weighted by molar-refractivity contribution is -0.117. The van der Waals surface area contributed by atoms with Crippen LogP contribution in [-0.2, 0) is 11.2 Å². The van der Waals surface area contributed by atoms with E-state index in [9.17, 15) is 4.79 Å². The van der Waals surface area contributed by atoms with Gasteiger partial charge in [0.15, 0.2) is 0 Å². The lowest BCUT2D eigenvalue weighted by Crippen LogP contribution is -2.39. The second-order valence-electron chi connectivity index (χ2n) is 5.72. The van der Waals surface area contributed by atoms with Crippen LogP contribution in [0.4, 0.5) is 5.69 Å². The molecule has 3 N–H and O–H groups in total. The number of anilines is 1. The minimum absolute atomic E-state index is 0.00892. The summed E-state index contributed by atoms with van der Waals surface area (Å²) in [7, 11) is 0. The number of hydrogen-bond acceptors (Lipinski definition) is 3. The third-order valence-electron chi connectivity index (χ3n) is 4.09. The van der Waals surface area contributed by atoms with E-state index in [1.807, 2.05) is 30.3 Å². The maximum Gasteiger partial charge on any atom is 0.242 e. The molecule has 0 aliphatic carbocycles. The molecule has 120 valence electrons. The molecule has 2 atom stereocenters. The summed E-state index contributed by atoms with van der Waals surface area (Å²) in [6.45, 7) is 2.10. The molecule has 1 aliphatic rings. The van der Waals surface area contributed by atoms with Gasteiger partial charge in [0.2, 0.25) is 5.91 Å². The SMILES string of the molecule is CCc1cccc(NC(=O)C2CC(c3ccc(Br)cc3)NN2)c1. The molecular weight excluding hydrogens is 354 g/mol. The van der Waals surface area contributed by atoms with Crippen molar-refractivity contribution in [3.05, 3.63) is 64.1 Å². The molecule has 2 aromatic rings. The molecule has 0 bridgehead atoms. The van der Waals surface area contributed by atoms with Crippen molar-refractivity contribution in [1.82, 2.24) is 10.9 Å². The molecule has 2 unspecified atom stereocenters. The Morgan fingerprint density at radius 2 is 2.00 bits per heavy atom. The topological polar surface area (TPSA) is 53.2 Å². The molecule has 23 heavy (non-hydrogen) atoms. The average Bonchev–Trinajstić information content (AvgIpc) is 3.06. The van der Waals surface area contributed by atoms with Crippen molar-refractivity contribution in [3.8, 4) is 0 Å². The van der Waals surface area contributed by atoms with E-state index in [2.05, 4.69) is 57.2 Å². The number of hydrogen-bond donors (Lipinski definition) is 3. The third kappa shape index (κ3) is 3.99. The molecule has 1 saturated heterocycles. The Morgan fingerprint density at radius 3 is 2.74 bits per heavy atom. The standard InChI is InChI=1S/C18H20BrN3O/c1-2-12-4-3-5-15(10-12)20-18(23)17-11-16(21-22-17)13-6-8-14(19)9-7-13/h3-10,16-17,21-22H,2,11H2,1H3,(H,20,23). The van der Waals surface area contributed by atoms with Gasteiger partial charge >= 0.3 is 0 Å². The van der Waals surface area contributed by atoms with Crippen LogP contribution in [0.25, 0.3) is 0 Å². The fraction of sp³-hybridized carbons (Fsp3) is 0.278. The number of carbonyl (C=O) groups is 1. The maximum atomic E-state index is 12.4. The van der Waals surface area contributed by atoms with E-state index in [1.165, 1.54) is 11.1 Å². The second kappa shape index (κ2) is 7.25. The first kappa shape index (κ1) is 16.2. The Labute approximate surface area is 144 Å². The summed E-state index contributed by atoms with van der Waals surface area (Å²) in [5.74, 6) is -0.00892. The van der Waals surface area contributed by atoms with Crippen LogP contribution in [0.15, 0.2) is 53.0 Å². The fourth-order valence-electron chi connectivity index (χ4n) is 2.74. The largest absolute Gasteiger partial charge is 0.325 e. The summed E-state index contributed by atoms with van der Waals surface area (Å²) in [6, 6.07) is 16.0. The molecule has 0 saturated carbocycles. The first-order valence-electron chi connectivity index (χ1n) is 7.82. The summed E-state index contributed by atoms with van der Waals surface area (Å²) in [5.41, 5.74) is 9.54. The van der Waals surface area contributed by atoms with Crippen molar-refractivity contribution < 1.29 is 4.79 Å². The van der Waals surface area contributed by atoms with E-state index in [1.54, 1.807) is 0 Å². The Balaban J connectivity index is 1.61. The molecule has 0 aromatic heterocycles. The number of amides is 1. The molecule has 1 amide bonds. The number of halogens is 1. The highest BCUT2D eigenvalue weighted by atomic mass is 79.9. The van der Waals surface area contributed by atoms with Gasteiger partial charge in [0.1, 0.15) is 6.04 Å². The molecule has 0 radical (unpaired) electrons. The van der Waals surface area contributed by atoms with E-state index in [0.717, 1.165) is 23.0 Å². The zero-order valence-corrected chi connectivity index (χ0v) is 14.6. The highest BCUT2D eigenvalue weighted by Crippen LogP contribution is 2.24. The van der Waals surface area contributed by atoms with Crippen LogP contribution in [0.5, 0.6) is 0 Å². The van der Waals surface area contributed by atoms with E-state index >= 15 is 0 Å². The van der Waals surface area contributed by atoms with Crippen molar-refractivity contribution in [2.75, 3.05) is 5.32 Å². The normalized spacial score (nSPS) is 20.4. The van der Waals surface area contributed by atoms with Crippen molar-refractivity contribution >= 4 is 27.5 Å². The van der Waals surface area contributed by atoms with Gasteiger partial charge in [0.25, 0.3) is 0 Å². The second-order valence-corrected chi connectivity index (χ2v) is 6.64. The van der Waals surface area contributed by atoms with Crippen molar-refractivity contribution in [2.45, 2.75) is 31.8 Å². The molecule has 1 aliphatic heterocycles. The van der Waals surface area contributed by atoms with E-state index in [0.29, 0.717) is 0 Å². The molecule has 4 nitrogen and oxygen atoms in total. The first-order valence-corrected chi connectivity index (χ1v) is 8.61. The highest BCUT2D eigenvalue weighted by molar-refractivity contribution is 9.10. The lowest BCUT2D eigenvalue weighted by atomic mass is 10.0. The average molecular weight is 374 g/mol. The third-order valence-corrected chi connectivity index (χ3v) is 4.62. The summed E-state index contributed by atoms with van der Waals surface area (Å²) in [6.07, 6.45) is 1.68. The number of benzene rings is 2. The van der Waals surface area contributed by atoms with Crippen LogP contribution < -0.4 is 16.2 Å². The molecule has 3 rings (SSSR count). The Morgan fingerprint density at radius 1 is 1.22 bits per heavy atom. The summed E-state index contributed by atoms with van der Waals surface area (Å²) < 4.78 is 1.05. The number of aryl methyl sites for hydroxylation is 1. The smallest absolute Gasteiger partial charge is 0.242 e. The molecular formula is C18H20BrN3O. The monoisotopic (exact) mass is 373 g/mol. The van der Waals surface area contributed by atoms with Gasteiger partial charge in [-0.15, -0.1) is 0 Å². The van der Waals surface area contributed by atoms with Crippen molar-refractivity contribution in [1.29, 1.82) is 0 Å². The van der Waals surface area contributed by atoms with Gasteiger partial charge in [0.05, 0.1) is 0 Å². The predicted molar refractivity (Wildman–Crippen MR) is 96.0 cm³/mol. The van der Waals surface area contributed by atoms with Crippen molar-refractivity contribution in [2.24, 2.45) is 0 Å². The number of rotatable bonds is 4. The molecule has 2 aromatic carbocycles. The fourth-order valence-corrected chi connectivity index (χ4v) is 3.00. The van der Waals surface area contributed by atoms with Gasteiger partial charge in [-0.1, -0.05) is 47.1 Å². The molecule has 0 spiro atoms. The van der Waals surface area contributed by atoms with Gasteiger partial charge in [-0.3, -0.25) is 4.79 Å². The Hall–Kier alpha value is -1.69. The lowest BCUT2D eigenvalue weighted by Gasteiger charge is -2.11. The van der Waals surface area contributed by atoms with Crippen LogP contribution in [0.1, 0.15) is 30.5 Å². The summed E-state index contributed by atoms with van der Waals surface area (Å²) in [4.78, 5) is 12.4. The molecule has 1 heterocycles. The van der Waals surface area contributed by atoms with Gasteiger partial charge in [-0.25, -0.2) is 10.9 Å².